The van der Waals surface area contributed by atoms with E-state index in [4.69, 9.17) is 5.26 Å². The van der Waals surface area contributed by atoms with Crippen molar-refractivity contribution in [2.45, 2.75) is 9.79 Å². The first kappa shape index (κ1) is 21.1. The number of hydrogen-bond acceptors (Lipinski definition) is 10. The van der Waals surface area contributed by atoms with Gasteiger partial charge >= 0.3 is 0 Å². The standard InChI is InChI=1S/C19H13N3O7S2/c23-19-16(10-17(31(25,26)27)15-2-1-7-20-18(15)19)22-21-13-5-3-12-9-14(30-29-28-24)6-4-11(12)8-13/h1-10,23-24H,(H,25,26,27)/b22-21-. The molecule has 0 radical (unpaired) electrons. The van der Waals surface area contributed by atoms with Gasteiger partial charge in [-0.3, -0.25) is 9.54 Å². The Morgan fingerprint density at radius 3 is 2.55 bits per heavy atom. The number of nitrogens with zero attached hydrogens (tertiary/aromatic N) is 3. The Kier molecular flexibility index (Phi) is 5.82. The summed E-state index contributed by atoms with van der Waals surface area (Å²) in [5.74, 6) is -0.361. The molecule has 4 aromatic rings. The third-order valence-corrected chi connectivity index (χ3v) is 5.78. The fourth-order valence-electron chi connectivity index (χ4n) is 2.97. The van der Waals surface area contributed by atoms with Crippen LogP contribution in [0.2, 0.25) is 0 Å². The number of aromatic nitrogens is 1. The molecule has 0 saturated heterocycles. The van der Waals surface area contributed by atoms with E-state index in [0.29, 0.717) is 10.6 Å². The van der Waals surface area contributed by atoms with E-state index in [1.54, 1.807) is 36.4 Å². The number of azo groups is 1. The van der Waals surface area contributed by atoms with Gasteiger partial charge in [0.1, 0.15) is 16.1 Å². The number of rotatable bonds is 6. The molecule has 3 aromatic carbocycles. The van der Waals surface area contributed by atoms with Crippen LogP contribution in [0, 0.1) is 0 Å². The number of hydrogen-bond donors (Lipinski definition) is 3. The van der Waals surface area contributed by atoms with E-state index in [9.17, 15) is 18.1 Å². The van der Waals surface area contributed by atoms with Gasteiger partial charge in [0.2, 0.25) is 0 Å². The molecule has 0 amide bonds. The number of pyridine rings is 1. The van der Waals surface area contributed by atoms with Crippen LogP contribution < -0.4 is 0 Å². The van der Waals surface area contributed by atoms with E-state index in [-0.39, 0.29) is 22.3 Å². The number of fused-ring (bicyclic) bond motifs is 2. The van der Waals surface area contributed by atoms with Gasteiger partial charge in [0, 0.05) is 16.5 Å². The fraction of sp³-hybridized carbons (Fsp3) is 0. The smallest absolute Gasteiger partial charge is 0.295 e. The van der Waals surface area contributed by atoms with Crippen LogP contribution in [0.1, 0.15) is 0 Å². The molecule has 1 aromatic heterocycles. The van der Waals surface area contributed by atoms with Crippen LogP contribution in [0.25, 0.3) is 21.7 Å². The van der Waals surface area contributed by atoms with E-state index < -0.39 is 15.0 Å². The summed E-state index contributed by atoms with van der Waals surface area (Å²) in [7, 11) is -4.58. The minimum absolute atomic E-state index is 0.0239. The lowest BCUT2D eigenvalue weighted by Crippen LogP contribution is -1.99. The maximum absolute atomic E-state index is 11.8. The van der Waals surface area contributed by atoms with Crippen molar-refractivity contribution in [3.63, 3.8) is 0 Å². The van der Waals surface area contributed by atoms with Crippen LogP contribution in [0.4, 0.5) is 11.4 Å². The molecule has 0 aliphatic heterocycles. The van der Waals surface area contributed by atoms with Gasteiger partial charge in [-0.1, -0.05) is 17.2 Å². The zero-order valence-corrected chi connectivity index (χ0v) is 17.0. The largest absolute Gasteiger partial charge is 0.504 e. The first-order chi connectivity index (χ1) is 14.9. The summed E-state index contributed by atoms with van der Waals surface area (Å²) in [5.41, 5.74) is 0.257. The number of phenols is 1. The van der Waals surface area contributed by atoms with Crippen molar-refractivity contribution in [3.05, 3.63) is 60.8 Å². The summed E-state index contributed by atoms with van der Waals surface area (Å²) in [6, 6.07) is 14.5. The Morgan fingerprint density at radius 1 is 1.00 bits per heavy atom. The van der Waals surface area contributed by atoms with Crippen LogP contribution in [-0.4, -0.2) is 28.3 Å². The van der Waals surface area contributed by atoms with Gasteiger partial charge in [-0.25, -0.2) is 5.26 Å². The fourth-order valence-corrected chi connectivity index (χ4v) is 4.08. The van der Waals surface area contributed by atoms with Crippen molar-refractivity contribution in [1.29, 1.82) is 0 Å². The lowest BCUT2D eigenvalue weighted by molar-refractivity contribution is -0.432. The molecule has 0 spiro atoms. The quantitative estimate of drug-likeness (QED) is 0.116. The second-order valence-electron chi connectivity index (χ2n) is 6.24. The normalized spacial score (nSPS) is 12.2. The molecule has 10 nitrogen and oxygen atoms in total. The molecule has 0 atom stereocenters. The second kappa shape index (κ2) is 8.55. The highest BCUT2D eigenvalue weighted by atomic mass is 32.2. The first-order valence-electron chi connectivity index (χ1n) is 8.55. The lowest BCUT2D eigenvalue weighted by atomic mass is 10.1. The molecule has 4 rings (SSSR count). The SMILES string of the molecule is O=S(=O)(O)c1cc(/N=N\c2ccc3cc(SOOO)ccc3c2)c(O)c2ncccc12. The highest BCUT2D eigenvalue weighted by Gasteiger charge is 2.20. The van der Waals surface area contributed by atoms with Gasteiger partial charge in [0.15, 0.2) is 5.75 Å². The topological polar surface area (TPSA) is 151 Å². The Bertz CT molecular complexity index is 1430. The first-order valence-corrected chi connectivity index (χ1v) is 10.7. The Hall–Kier alpha value is -3.13. The molecular weight excluding hydrogens is 446 g/mol. The molecule has 158 valence electrons. The Labute approximate surface area is 179 Å². The van der Waals surface area contributed by atoms with Gasteiger partial charge in [0.05, 0.1) is 17.7 Å². The average molecular weight is 459 g/mol. The minimum atomic E-state index is -4.58. The minimum Gasteiger partial charge on any atom is -0.504 e. The van der Waals surface area contributed by atoms with Crippen molar-refractivity contribution in [1.82, 2.24) is 4.98 Å². The van der Waals surface area contributed by atoms with Crippen molar-refractivity contribution >= 4 is 55.2 Å². The van der Waals surface area contributed by atoms with Crippen LogP contribution in [-0.2, 0) is 19.5 Å². The van der Waals surface area contributed by atoms with E-state index in [1.165, 1.54) is 18.3 Å². The predicted molar refractivity (Wildman–Crippen MR) is 112 cm³/mol. The molecule has 0 unspecified atom stereocenters. The van der Waals surface area contributed by atoms with Crippen LogP contribution in [0.5, 0.6) is 5.75 Å². The summed E-state index contributed by atoms with van der Waals surface area (Å²) < 4.78 is 37.5. The number of phenolic OH excluding ortho intramolecular Hbond substituents is 1. The number of aromatic hydroxyl groups is 1. The molecule has 12 heteroatoms. The monoisotopic (exact) mass is 459 g/mol. The van der Waals surface area contributed by atoms with E-state index in [0.717, 1.165) is 28.9 Å². The summed E-state index contributed by atoms with van der Waals surface area (Å²) in [6.07, 6.45) is 1.38. The zero-order chi connectivity index (χ0) is 22.0. The van der Waals surface area contributed by atoms with E-state index in [1.807, 2.05) is 0 Å². The molecule has 31 heavy (non-hydrogen) atoms. The lowest BCUT2D eigenvalue weighted by Gasteiger charge is -2.07. The molecule has 0 aliphatic rings. The Morgan fingerprint density at radius 2 is 1.77 bits per heavy atom. The maximum atomic E-state index is 11.8. The van der Waals surface area contributed by atoms with Gasteiger partial charge in [-0.05, 0) is 53.2 Å². The Balaban J connectivity index is 1.72. The van der Waals surface area contributed by atoms with Gasteiger partial charge in [0.25, 0.3) is 10.1 Å². The predicted octanol–water partition coefficient (Wildman–Crippen LogP) is 5.18. The molecule has 0 bridgehead atoms. The molecule has 1 heterocycles. The number of benzene rings is 3. The molecule has 0 fully saturated rings. The molecule has 0 saturated carbocycles. The van der Waals surface area contributed by atoms with E-state index in [2.05, 4.69) is 24.6 Å². The van der Waals surface area contributed by atoms with Crippen molar-refractivity contribution in [2.75, 3.05) is 0 Å². The van der Waals surface area contributed by atoms with Crippen LogP contribution in [0.3, 0.4) is 0 Å². The summed E-state index contributed by atoms with van der Waals surface area (Å²) in [5, 5.41) is 32.0. The average Bonchev–Trinajstić information content (AvgIpc) is 2.76. The van der Waals surface area contributed by atoms with Gasteiger partial charge in [-0.2, -0.15) is 13.5 Å². The van der Waals surface area contributed by atoms with Gasteiger partial charge < -0.3 is 5.11 Å². The van der Waals surface area contributed by atoms with Gasteiger partial charge in [-0.15, -0.1) is 9.45 Å². The molecule has 3 N–H and O–H groups in total. The van der Waals surface area contributed by atoms with Crippen molar-refractivity contribution < 1.29 is 32.7 Å². The third kappa shape index (κ3) is 4.49. The molecule has 0 aliphatic carbocycles. The highest BCUT2D eigenvalue weighted by Crippen LogP contribution is 2.38. The summed E-state index contributed by atoms with van der Waals surface area (Å²) >= 11 is 0.835. The molecular formula is C19H13N3O7S2. The maximum Gasteiger partial charge on any atom is 0.295 e. The third-order valence-electron chi connectivity index (χ3n) is 4.31. The van der Waals surface area contributed by atoms with Crippen LogP contribution >= 0.6 is 12.0 Å². The summed E-state index contributed by atoms with van der Waals surface area (Å²) in [6.45, 7) is 0. The van der Waals surface area contributed by atoms with Crippen LogP contribution in [0.15, 0.2) is 80.8 Å². The highest BCUT2D eigenvalue weighted by molar-refractivity contribution is 7.94. The second-order valence-corrected chi connectivity index (χ2v) is 8.40. The summed E-state index contributed by atoms with van der Waals surface area (Å²) in [4.78, 5) is 4.24. The van der Waals surface area contributed by atoms with E-state index >= 15 is 0 Å². The van der Waals surface area contributed by atoms with Crippen molar-refractivity contribution in [3.8, 4) is 5.75 Å². The van der Waals surface area contributed by atoms with Crippen molar-refractivity contribution in [2.24, 2.45) is 10.2 Å². The zero-order valence-electron chi connectivity index (χ0n) is 15.4.